The van der Waals surface area contributed by atoms with Crippen LogP contribution < -0.4 is 0 Å². The van der Waals surface area contributed by atoms with Crippen LogP contribution in [0.3, 0.4) is 0 Å². The summed E-state index contributed by atoms with van der Waals surface area (Å²) < 4.78 is 29.2. The molecule has 1 nitrogen and oxygen atoms in total. The SMILES string of the molecule is Fc1ccc(/C=C(/c2ccc(F)cc2)n2c3ccccc3c3ccccc32)cc1. The van der Waals surface area contributed by atoms with Crippen LogP contribution in [0.5, 0.6) is 0 Å². The van der Waals surface area contributed by atoms with Gasteiger partial charge in [0.15, 0.2) is 0 Å². The molecule has 0 fully saturated rings. The maximum Gasteiger partial charge on any atom is 0.123 e. The van der Waals surface area contributed by atoms with Gasteiger partial charge >= 0.3 is 0 Å². The van der Waals surface area contributed by atoms with Crippen LogP contribution in [-0.4, -0.2) is 4.57 Å². The smallest absolute Gasteiger partial charge is 0.123 e. The third-order valence-corrected chi connectivity index (χ3v) is 5.13. The molecule has 0 aliphatic rings. The second-order valence-corrected chi connectivity index (χ2v) is 6.96. The van der Waals surface area contributed by atoms with E-state index in [1.54, 1.807) is 24.3 Å². The zero-order valence-electron chi connectivity index (χ0n) is 15.5. The van der Waals surface area contributed by atoms with Crippen LogP contribution in [0, 0.1) is 11.6 Å². The summed E-state index contributed by atoms with van der Waals surface area (Å²) in [5.74, 6) is -0.556. The Bertz CT molecular complexity index is 1290. The van der Waals surface area contributed by atoms with Crippen molar-refractivity contribution in [2.75, 3.05) is 0 Å². The summed E-state index contributed by atoms with van der Waals surface area (Å²) in [6, 6.07) is 29.3. The maximum atomic E-state index is 13.6. The van der Waals surface area contributed by atoms with Crippen LogP contribution in [0.1, 0.15) is 11.1 Å². The van der Waals surface area contributed by atoms with Crippen LogP contribution in [0.2, 0.25) is 0 Å². The van der Waals surface area contributed by atoms with Crippen molar-refractivity contribution in [3.05, 3.63) is 120 Å². The average molecular weight is 381 g/mol. The largest absolute Gasteiger partial charge is 0.309 e. The number of hydrogen-bond acceptors (Lipinski definition) is 0. The van der Waals surface area contributed by atoms with Gasteiger partial charge in [0.05, 0.1) is 16.7 Å². The fraction of sp³-hybridized carbons (Fsp3) is 0. The topological polar surface area (TPSA) is 4.93 Å². The van der Waals surface area contributed by atoms with Gasteiger partial charge in [-0.05, 0) is 65.7 Å². The molecule has 0 N–H and O–H groups in total. The van der Waals surface area contributed by atoms with E-state index in [9.17, 15) is 8.78 Å². The molecule has 140 valence electrons. The van der Waals surface area contributed by atoms with Gasteiger partial charge < -0.3 is 4.57 Å². The average Bonchev–Trinajstić information content (AvgIpc) is 3.09. The molecule has 0 amide bonds. The fourth-order valence-corrected chi connectivity index (χ4v) is 3.80. The Balaban J connectivity index is 1.85. The number of nitrogens with zero attached hydrogens (tertiary/aromatic N) is 1. The van der Waals surface area contributed by atoms with Crippen molar-refractivity contribution in [3.8, 4) is 0 Å². The summed E-state index contributed by atoms with van der Waals surface area (Å²) >= 11 is 0. The highest BCUT2D eigenvalue weighted by Crippen LogP contribution is 2.34. The van der Waals surface area contributed by atoms with Gasteiger partial charge in [0.25, 0.3) is 0 Å². The van der Waals surface area contributed by atoms with Crippen LogP contribution in [0.15, 0.2) is 97.1 Å². The van der Waals surface area contributed by atoms with Crippen LogP contribution in [-0.2, 0) is 0 Å². The molecule has 0 saturated carbocycles. The normalized spacial score (nSPS) is 12.0. The van der Waals surface area contributed by atoms with Crippen molar-refractivity contribution in [1.82, 2.24) is 4.57 Å². The van der Waals surface area contributed by atoms with Gasteiger partial charge in [-0.25, -0.2) is 8.78 Å². The Labute approximate surface area is 167 Å². The highest BCUT2D eigenvalue weighted by atomic mass is 19.1. The summed E-state index contributed by atoms with van der Waals surface area (Å²) in [7, 11) is 0. The van der Waals surface area contributed by atoms with Crippen molar-refractivity contribution in [1.29, 1.82) is 0 Å². The number of para-hydroxylation sites is 2. The predicted molar refractivity (Wildman–Crippen MR) is 116 cm³/mol. The van der Waals surface area contributed by atoms with E-state index in [0.717, 1.165) is 38.6 Å². The maximum absolute atomic E-state index is 13.6. The van der Waals surface area contributed by atoms with E-state index in [1.165, 1.54) is 24.3 Å². The Morgan fingerprint density at radius 3 is 1.62 bits per heavy atom. The fourth-order valence-electron chi connectivity index (χ4n) is 3.80. The Hall–Kier alpha value is -3.72. The van der Waals surface area contributed by atoms with Gasteiger partial charge in [0.1, 0.15) is 11.6 Å². The minimum atomic E-state index is -0.280. The number of aromatic nitrogens is 1. The Morgan fingerprint density at radius 2 is 1.07 bits per heavy atom. The molecule has 3 heteroatoms. The first-order chi connectivity index (χ1) is 14.2. The van der Waals surface area contributed by atoms with Gasteiger partial charge in [0.2, 0.25) is 0 Å². The molecule has 5 rings (SSSR count). The van der Waals surface area contributed by atoms with Crippen molar-refractivity contribution in [2.45, 2.75) is 0 Å². The highest BCUT2D eigenvalue weighted by Gasteiger charge is 2.15. The quantitative estimate of drug-likeness (QED) is 0.293. The van der Waals surface area contributed by atoms with Crippen LogP contribution in [0.4, 0.5) is 8.78 Å². The lowest BCUT2D eigenvalue weighted by molar-refractivity contribution is 0.627. The first kappa shape index (κ1) is 17.4. The molecule has 29 heavy (non-hydrogen) atoms. The molecule has 0 atom stereocenters. The molecule has 0 aliphatic heterocycles. The zero-order valence-corrected chi connectivity index (χ0v) is 15.5. The molecule has 0 aliphatic carbocycles. The van der Waals surface area contributed by atoms with Crippen molar-refractivity contribution in [2.24, 2.45) is 0 Å². The summed E-state index contributed by atoms with van der Waals surface area (Å²) in [4.78, 5) is 0. The lowest BCUT2D eigenvalue weighted by Crippen LogP contribution is -1.99. The van der Waals surface area contributed by atoms with E-state index in [1.807, 2.05) is 30.3 Å². The number of halogens is 2. The van der Waals surface area contributed by atoms with Gasteiger partial charge in [0, 0.05) is 10.8 Å². The second-order valence-electron chi connectivity index (χ2n) is 6.96. The first-order valence-corrected chi connectivity index (χ1v) is 9.42. The lowest BCUT2D eigenvalue weighted by Gasteiger charge is -2.14. The predicted octanol–water partition coefficient (Wildman–Crippen LogP) is 7.12. The molecule has 5 aromatic rings. The molecule has 0 unspecified atom stereocenters. The zero-order chi connectivity index (χ0) is 19.8. The van der Waals surface area contributed by atoms with E-state index >= 15 is 0 Å². The summed E-state index contributed by atoms with van der Waals surface area (Å²) in [6.07, 6.45) is 2.01. The third kappa shape index (κ3) is 3.11. The van der Waals surface area contributed by atoms with Gasteiger partial charge in [-0.3, -0.25) is 0 Å². The van der Waals surface area contributed by atoms with Crippen molar-refractivity contribution < 1.29 is 8.78 Å². The van der Waals surface area contributed by atoms with Crippen LogP contribution >= 0.6 is 0 Å². The minimum absolute atomic E-state index is 0.276. The Morgan fingerprint density at radius 1 is 0.586 bits per heavy atom. The molecule has 1 aromatic heterocycles. The molecule has 4 aromatic carbocycles. The summed E-state index contributed by atoms with van der Waals surface area (Å²) in [6.45, 7) is 0. The van der Waals surface area contributed by atoms with Gasteiger partial charge in [-0.15, -0.1) is 0 Å². The molecular weight excluding hydrogens is 364 g/mol. The lowest BCUT2D eigenvalue weighted by atomic mass is 10.1. The van der Waals surface area contributed by atoms with Gasteiger partial charge in [-0.2, -0.15) is 0 Å². The molecule has 0 saturated heterocycles. The van der Waals surface area contributed by atoms with E-state index < -0.39 is 0 Å². The molecule has 0 radical (unpaired) electrons. The molecule has 0 spiro atoms. The molecule has 0 bridgehead atoms. The number of fused-ring (bicyclic) bond motifs is 3. The number of rotatable bonds is 3. The van der Waals surface area contributed by atoms with E-state index in [-0.39, 0.29) is 11.6 Å². The van der Waals surface area contributed by atoms with Crippen molar-refractivity contribution in [3.63, 3.8) is 0 Å². The monoisotopic (exact) mass is 381 g/mol. The molecular formula is C26H17F2N. The highest BCUT2D eigenvalue weighted by molar-refractivity contribution is 6.11. The van der Waals surface area contributed by atoms with Crippen molar-refractivity contribution >= 4 is 33.6 Å². The third-order valence-electron chi connectivity index (χ3n) is 5.13. The van der Waals surface area contributed by atoms with Crippen LogP contribution in [0.25, 0.3) is 33.6 Å². The second kappa shape index (κ2) is 7.02. The first-order valence-electron chi connectivity index (χ1n) is 9.42. The standard InChI is InChI=1S/C26H17F2N/c27-20-13-9-18(10-14-20)17-26(19-11-15-21(28)16-12-19)29-24-7-3-1-5-22(24)23-6-2-4-8-25(23)29/h1-17H/b26-17-. The summed E-state index contributed by atoms with van der Waals surface area (Å²) in [5, 5.41) is 2.30. The van der Waals surface area contributed by atoms with Gasteiger partial charge in [-0.1, -0.05) is 48.5 Å². The summed E-state index contributed by atoms with van der Waals surface area (Å²) in [5.41, 5.74) is 4.77. The number of benzene rings is 4. The van der Waals surface area contributed by atoms with E-state index in [4.69, 9.17) is 0 Å². The van der Waals surface area contributed by atoms with E-state index in [2.05, 4.69) is 28.8 Å². The molecule has 1 heterocycles. The Kier molecular flexibility index (Phi) is 4.21. The number of hydrogen-bond donors (Lipinski definition) is 0. The minimum Gasteiger partial charge on any atom is -0.309 e. The van der Waals surface area contributed by atoms with E-state index in [0.29, 0.717) is 0 Å².